The first kappa shape index (κ1) is 44.0. The Hall–Kier alpha value is -5.17. The molecular weight excluding hydrogens is 664 g/mol. The fraction of sp³-hybridized carbons (Fsp3) is 0.370. The molecule has 0 saturated heterocycles. The Morgan fingerprint density at radius 3 is 1.70 bits per heavy atom. The van der Waals surface area contributed by atoms with Crippen molar-refractivity contribution in [2.45, 2.75) is 97.5 Å². The fourth-order valence-electron chi connectivity index (χ4n) is 5.20. The van der Waals surface area contributed by atoms with Crippen molar-refractivity contribution < 1.29 is 33.7 Å². The molecule has 0 heterocycles. The summed E-state index contributed by atoms with van der Waals surface area (Å²) < 4.78 is 15.8. The standard InChI is InChI=1S/C18H26O3.C15H22O3.C13H10O/c1-3-4-5-6-7-11-14-21-18(19)17(20-2)15-16-12-9-8-10-13-16;1-3-5-6-9-12(4-2)18-15(17)13-10-7-8-11-14(13)16;14-13(11-7-3-1-4-8-11)12-9-5-2-6-10-12/h8-10,12-13,15H,3-7,11,14H2,1-2H3;7-8,10-12,16H,3-6,9H2,1-2H3;1-10H. The number of hydrogen-bond donors (Lipinski definition) is 1. The number of phenolic OH excluding ortho intramolecular Hbond substituents is 1. The summed E-state index contributed by atoms with van der Waals surface area (Å²) in [5.74, 6) is -0.532. The van der Waals surface area contributed by atoms with Crippen LogP contribution >= 0.6 is 0 Å². The van der Waals surface area contributed by atoms with Gasteiger partial charge in [-0.2, -0.15) is 0 Å². The van der Waals surface area contributed by atoms with Crippen LogP contribution in [0.1, 0.15) is 123 Å². The number of ether oxygens (including phenoxy) is 3. The highest BCUT2D eigenvalue weighted by Gasteiger charge is 2.17. The Kier molecular flexibility index (Phi) is 22.8. The summed E-state index contributed by atoms with van der Waals surface area (Å²) in [6.07, 6.45) is 13.8. The number of aromatic hydroxyl groups is 1. The van der Waals surface area contributed by atoms with Crippen molar-refractivity contribution in [3.63, 3.8) is 0 Å². The van der Waals surface area contributed by atoms with Crippen LogP contribution in [0.25, 0.3) is 6.08 Å². The Labute approximate surface area is 317 Å². The Balaban J connectivity index is 0.000000280. The van der Waals surface area contributed by atoms with Gasteiger partial charge in [0.25, 0.3) is 0 Å². The number of hydrogen-bond acceptors (Lipinski definition) is 7. The van der Waals surface area contributed by atoms with Gasteiger partial charge in [-0.25, -0.2) is 9.59 Å². The first-order valence-corrected chi connectivity index (χ1v) is 19.0. The smallest absolute Gasteiger partial charge is 0.373 e. The quantitative estimate of drug-likeness (QED) is 0.0338. The normalized spacial score (nSPS) is 11.1. The average Bonchev–Trinajstić information content (AvgIpc) is 3.20. The largest absolute Gasteiger partial charge is 0.507 e. The molecule has 0 radical (unpaired) electrons. The molecule has 0 saturated carbocycles. The predicted molar refractivity (Wildman–Crippen MR) is 214 cm³/mol. The number of rotatable bonds is 19. The van der Waals surface area contributed by atoms with Gasteiger partial charge in [0, 0.05) is 11.1 Å². The van der Waals surface area contributed by atoms with Crippen LogP contribution in [-0.2, 0) is 19.0 Å². The molecule has 1 unspecified atom stereocenters. The third-order valence-electron chi connectivity index (χ3n) is 8.30. The number of methoxy groups -OCH3 is 1. The van der Waals surface area contributed by atoms with Gasteiger partial charge in [0.05, 0.1) is 13.7 Å². The molecule has 0 aliphatic heterocycles. The molecule has 0 amide bonds. The summed E-state index contributed by atoms with van der Waals surface area (Å²) in [4.78, 5) is 35.6. The molecule has 7 nitrogen and oxygen atoms in total. The second kappa shape index (κ2) is 27.5. The van der Waals surface area contributed by atoms with Gasteiger partial charge >= 0.3 is 11.9 Å². The molecule has 1 N–H and O–H groups in total. The van der Waals surface area contributed by atoms with Crippen molar-refractivity contribution in [1.82, 2.24) is 0 Å². The predicted octanol–water partition coefficient (Wildman–Crippen LogP) is 11.4. The minimum Gasteiger partial charge on any atom is -0.507 e. The number of benzene rings is 4. The molecule has 4 aromatic carbocycles. The van der Waals surface area contributed by atoms with Crippen molar-refractivity contribution in [1.29, 1.82) is 0 Å². The maximum Gasteiger partial charge on any atom is 0.373 e. The number of carbonyl (C=O) groups excluding carboxylic acids is 3. The minimum absolute atomic E-state index is 0.0223. The molecule has 7 heteroatoms. The summed E-state index contributed by atoms with van der Waals surface area (Å²) in [6, 6.07) is 34.7. The summed E-state index contributed by atoms with van der Waals surface area (Å²) in [7, 11) is 1.49. The van der Waals surface area contributed by atoms with Gasteiger partial charge in [0.15, 0.2) is 5.78 Å². The van der Waals surface area contributed by atoms with Gasteiger partial charge in [0.1, 0.15) is 17.4 Å². The van der Waals surface area contributed by atoms with Crippen molar-refractivity contribution in [3.05, 3.63) is 143 Å². The number of unbranched alkanes of at least 4 members (excludes halogenated alkanes) is 7. The number of phenols is 1. The molecule has 0 aromatic heterocycles. The van der Waals surface area contributed by atoms with E-state index in [1.807, 2.05) is 97.9 Å². The third kappa shape index (κ3) is 18.2. The number of para-hydroxylation sites is 1. The molecule has 4 rings (SSSR count). The molecule has 4 aromatic rings. The van der Waals surface area contributed by atoms with Crippen LogP contribution in [0.15, 0.2) is 121 Å². The van der Waals surface area contributed by atoms with Crippen LogP contribution in [0.4, 0.5) is 0 Å². The first-order valence-electron chi connectivity index (χ1n) is 19.0. The summed E-state index contributed by atoms with van der Waals surface area (Å²) in [5.41, 5.74) is 2.63. The van der Waals surface area contributed by atoms with Gasteiger partial charge < -0.3 is 19.3 Å². The minimum atomic E-state index is -0.434. The van der Waals surface area contributed by atoms with Gasteiger partial charge in [-0.3, -0.25) is 4.79 Å². The van der Waals surface area contributed by atoms with Crippen molar-refractivity contribution in [3.8, 4) is 5.75 Å². The van der Waals surface area contributed by atoms with E-state index in [0.29, 0.717) is 6.61 Å². The fourth-order valence-corrected chi connectivity index (χ4v) is 5.20. The van der Waals surface area contributed by atoms with Gasteiger partial charge in [-0.15, -0.1) is 0 Å². The van der Waals surface area contributed by atoms with Gasteiger partial charge in [-0.05, 0) is 49.5 Å². The highest BCUT2D eigenvalue weighted by molar-refractivity contribution is 6.08. The lowest BCUT2D eigenvalue weighted by molar-refractivity contribution is -0.142. The van der Waals surface area contributed by atoms with Crippen LogP contribution in [-0.4, -0.2) is 42.6 Å². The lowest BCUT2D eigenvalue weighted by atomic mass is 10.0. The lowest BCUT2D eigenvalue weighted by Crippen LogP contribution is -2.17. The van der Waals surface area contributed by atoms with Crippen molar-refractivity contribution >= 4 is 23.8 Å². The van der Waals surface area contributed by atoms with Crippen molar-refractivity contribution in [2.24, 2.45) is 0 Å². The van der Waals surface area contributed by atoms with Gasteiger partial charge in [0.2, 0.25) is 5.76 Å². The SMILES string of the molecule is CCCCCC(CC)OC(=O)c1ccccc1O.CCCCCCCCOC(=O)C(=Cc1ccccc1)OC.O=C(c1ccccc1)c1ccccc1. The Morgan fingerprint density at radius 2 is 1.15 bits per heavy atom. The zero-order valence-corrected chi connectivity index (χ0v) is 32.0. The molecule has 0 spiro atoms. The third-order valence-corrected chi connectivity index (χ3v) is 8.30. The van der Waals surface area contributed by atoms with Gasteiger partial charge in [-0.1, -0.05) is 169 Å². The molecule has 1 atom stereocenters. The summed E-state index contributed by atoms with van der Waals surface area (Å²) in [5, 5.41) is 9.58. The van der Waals surface area contributed by atoms with E-state index in [0.717, 1.165) is 61.6 Å². The Morgan fingerprint density at radius 1 is 0.642 bits per heavy atom. The zero-order valence-electron chi connectivity index (χ0n) is 32.0. The molecule has 0 aliphatic rings. The highest BCUT2D eigenvalue weighted by atomic mass is 16.6. The zero-order chi connectivity index (χ0) is 38.5. The van der Waals surface area contributed by atoms with E-state index >= 15 is 0 Å². The molecule has 53 heavy (non-hydrogen) atoms. The topological polar surface area (TPSA) is 99.1 Å². The first-order chi connectivity index (χ1) is 25.8. The number of esters is 2. The van der Waals surface area contributed by atoms with E-state index < -0.39 is 11.9 Å². The maximum absolute atomic E-state index is 11.9. The second-order valence-electron chi connectivity index (χ2n) is 12.5. The molecule has 0 bridgehead atoms. The summed E-state index contributed by atoms with van der Waals surface area (Å²) >= 11 is 0. The summed E-state index contributed by atoms with van der Waals surface area (Å²) in [6.45, 7) is 6.82. The van der Waals surface area contributed by atoms with E-state index in [2.05, 4.69) is 13.8 Å². The second-order valence-corrected chi connectivity index (χ2v) is 12.5. The molecule has 0 aliphatic carbocycles. The Bertz CT molecular complexity index is 1560. The van der Waals surface area contributed by atoms with Crippen LogP contribution in [0, 0.1) is 0 Å². The number of ketones is 1. The van der Waals surface area contributed by atoms with E-state index in [-0.39, 0.29) is 29.0 Å². The van der Waals surface area contributed by atoms with E-state index in [4.69, 9.17) is 14.2 Å². The maximum atomic E-state index is 11.9. The number of carbonyl (C=O) groups is 3. The van der Waals surface area contributed by atoms with E-state index in [1.165, 1.54) is 38.9 Å². The monoisotopic (exact) mass is 722 g/mol. The molecular formula is C46H58O7. The molecule has 0 fully saturated rings. The van der Waals surface area contributed by atoms with Crippen LogP contribution in [0.3, 0.4) is 0 Å². The van der Waals surface area contributed by atoms with E-state index in [9.17, 15) is 19.5 Å². The van der Waals surface area contributed by atoms with Crippen LogP contribution in [0.2, 0.25) is 0 Å². The lowest BCUT2D eigenvalue weighted by Gasteiger charge is -2.16. The average molecular weight is 723 g/mol. The van der Waals surface area contributed by atoms with E-state index in [1.54, 1.807) is 24.3 Å². The van der Waals surface area contributed by atoms with Crippen LogP contribution < -0.4 is 0 Å². The van der Waals surface area contributed by atoms with Crippen molar-refractivity contribution in [2.75, 3.05) is 13.7 Å². The highest BCUT2D eigenvalue weighted by Crippen LogP contribution is 2.19. The van der Waals surface area contributed by atoms with Crippen LogP contribution in [0.5, 0.6) is 5.75 Å². The molecule has 284 valence electrons.